The second kappa shape index (κ2) is 10.2. The Bertz CT molecular complexity index is 1150. The molecule has 168 valence electrons. The highest BCUT2D eigenvalue weighted by Gasteiger charge is 2.23. The first-order valence-electron chi connectivity index (χ1n) is 10.5. The van der Waals surface area contributed by atoms with Crippen molar-refractivity contribution in [2.75, 3.05) is 30.8 Å². The van der Waals surface area contributed by atoms with Gasteiger partial charge in [0.05, 0.1) is 6.54 Å². The summed E-state index contributed by atoms with van der Waals surface area (Å²) in [5.74, 6) is 0.589. The SMILES string of the molecule is CN1CCN=C1c1ccc(NC(=O)[C@@H](NC(=O)Nc2ccc(Cl)cc2)c2ccccc2)cc1. The maximum atomic E-state index is 13.1. The van der Waals surface area contributed by atoms with Gasteiger partial charge < -0.3 is 20.9 Å². The van der Waals surface area contributed by atoms with Crippen molar-refractivity contribution in [2.24, 2.45) is 4.99 Å². The minimum atomic E-state index is -0.886. The van der Waals surface area contributed by atoms with Crippen molar-refractivity contribution in [3.8, 4) is 0 Å². The van der Waals surface area contributed by atoms with Crippen LogP contribution in [0.3, 0.4) is 0 Å². The van der Waals surface area contributed by atoms with Gasteiger partial charge in [-0.25, -0.2) is 4.79 Å². The molecule has 3 aromatic carbocycles. The van der Waals surface area contributed by atoms with E-state index in [1.165, 1.54) is 0 Å². The lowest BCUT2D eigenvalue weighted by molar-refractivity contribution is -0.118. The smallest absolute Gasteiger partial charge is 0.320 e. The maximum absolute atomic E-state index is 13.1. The molecule has 3 aromatic rings. The van der Waals surface area contributed by atoms with Crippen LogP contribution in [0.4, 0.5) is 16.2 Å². The molecule has 4 rings (SSSR count). The van der Waals surface area contributed by atoms with Gasteiger partial charge in [-0.2, -0.15) is 0 Å². The lowest BCUT2D eigenvalue weighted by Crippen LogP contribution is -2.39. The predicted molar refractivity (Wildman–Crippen MR) is 132 cm³/mol. The number of amidine groups is 1. The van der Waals surface area contributed by atoms with Crippen LogP contribution in [0.1, 0.15) is 17.2 Å². The molecule has 1 aliphatic heterocycles. The Labute approximate surface area is 197 Å². The zero-order chi connectivity index (χ0) is 23.2. The van der Waals surface area contributed by atoms with Gasteiger partial charge in [0.15, 0.2) is 0 Å². The van der Waals surface area contributed by atoms with E-state index in [2.05, 4.69) is 25.8 Å². The van der Waals surface area contributed by atoms with Crippen LogP contribution in [0.25, 0.3) is 0 Å². The summed E-state index contributed by atoms with van der Waals surface area (Å²) in [5, 5.41) is 8.95. The molecule has 0 aliphatic carbocycles. The van der Waals surface area contributed by atoms with Gasteiger partial charge in [0, 0.05) is 35.6 Å². The Kier molecular flexibility index (Phi) is 6.90. The van der Waals surface area contributed by atoms with Crippen molar-refractivity contribution in [3.05, 3.63) is 95.0 Å². The number of benzene rings is 3. The molecule has 1 atom stereocenters. The second-order valence-electron chi connectivity index (χ2n) is 7.64. The van der Waals surface area contributed by atoms with Crippen molar-refractivity contribution in [2.45, 2.75) is 6.04 Å². The first kappa shape index (κ1) is 22.4. The van der Waals surface area contributed by atoms with E-state index >= 15 is 0 Å². The Balaban J connectivity index is 1.47. The molecule has 0 saturated heterocycles. The third-order valence-corrected chi connectivity index (χ3v) is 5.49. The average Bonchev–Trinajstić information content (AvgIpc) is 3.26. The third kappa shape index (κ3) is 5.70. The Hall–Kier alpha value is -3.84. The number of nitrogens with zero attached hydrogens (tertiary/aromatic N) is 2. The molecule has 1 aliphatic rings. The largest absolute Gasteiger partial charge is 0.358 e. The van der Waals surface area contributed by atoms with Gasteiger partial charge in [-0.05, 0) is 54.1 Å². The van der Waals surface area contributed by atoms with Crippen LogP contribution in [-0.4, -0.2) is 42.8 Å². The summed E-state index contributed by atoms with van der Waals surface area (Å²) in [6.07, 6.45) is 0. The van der Waals surface area contributed by atoms with E-state index < -0.39 is 12.1 Å². The quantitative estimate of drug-likeness (QED) is 0.504. The number of amides is 3. The molecule has 0 saturated carbocycles. The Morgan fingerprint density at radius 1 is 0.909 bits per heavy atom. The summed E-state index contributed by atoms with van der Waals surface area (Å²) in [6, 6.07) is 21.9. The van der Waals surface area contributed by atoms with E-state index in [1.807, 2.05) is 49.5 Å². The molecule has 0 aromatic heterocycles. The topological polar surface area (TPSA) is 85.8 Å². The van der Waals surface area contributed by atoms with Crippen LogP contribution in [-0.2, 0) is 4.79 Å². The lowest BCUT2D eigenvalue weighted by Gasteiger charge is -2.20. The van der Waals surface area contributed by atoms with Crippen LogP contribution in [0, 0.1) is 0 Å². The summed E-state index contributed by atoms with van der Waals surface area (Å²) < 4.78 is 0. The average molecular weight is 462 g/mol. The van der Waals surface area contributed by atoms with Crippen LogP contribution in [0.5, 0.6) is 0 Å². The number of anilines is 2. The van der Waals surface area contributed by atoms with Crippen molar-refractivity contribution >= 4 is 40.7 Å². The highest BCUT2D eigenvalue weighted by Crippen LogP contribution is 2.19. The highest BCUT2D eigenvalue weighted by atomic mass is 35.5. The van der Waals surface area contributed by atoms with E-state index in [0.717, 1.165) is 24.5 Å². The second-order valence-corrected chi connectivity index (χ2v) is 8.08. The van der Waals surface area contributed by atoms with Gasteiger partial charge in [-0.3, -0.25) is 9.79 Å². The molecule has 8 heteroatoms. The first-order valence-corrected chi connectivity index (χ1v) is 10.9. The molecule has 3 N–H and O–H groups in total. The highest BCUT2D eigenvalue weighted by molar-refractivity contribution is 6.30. The fourth-order valence-electron chi connectivity index (χ4n) is 3.54. The molecule has 7 nitrogen and oxygen atoms in total. The van der Waals surface area contributed by atoms with Crippen molar-refractivity contribution in [1.29, 1.82) is 0 Å². The third-order valence-electron chi connectivity index (χ3n) is 5.24. The summed E-state index contributed by atoms with van der Waals surface area (Å²) in [5.41, 5.74) is 2.86. The summed E-state index contributed by atoms with van der Waals surface area (Å²) in [4.78, 5) is 32.4. The Morgan fingerprint density at radius 2 is 1.55 bits per heavy atom. The number of aliphatic imine (C=N–C) groups is 1. The predicted octanol–water partition coefficient (Wildman–Crippen LogP) is 4.53. The molecular weight excluding hydrogens is 438 g/mol. The monoisotopic (exact) mass is 461 g/mol. The zero-order valence-electron chi connectivity index (χ0n) is 18.1. The summed E-state index contributed by atoms with van der Waals surface area (Å²) in [7, 11) is 2.01. The number of carbonyl (C=O) groups is 2. The number of hydrogen-bond acceptors (Lipinski definition) is 4. The van der Waals surface area contributed by atoms with Gasteiger partial charge in [0.2, 0.25) is 0 Å². The maximum Gasteiger partial charge on any atom is 0.320 e. The lowest BCUT2D eigenvalue weighted by atomic mass is 10.1. The van der Waals surface area contributed by atoms with Gasteiger partial charge in [0.25, 0.3) is 5.91 Å². The molecule has 1 heterocycles. The fourth-order valence-corrected chi connectivity index (χ4v) is 3.66. The number of carbonyl (C=O) groups excluding carboxylic acids is 2. The standard InChI is InChI=1S/C25H24ClN5O2/c1-31-16-15-27-23(31)18-7-11-20(12-8-18)28-24(32)22(17-5-3-2-4-6-17)30-25(33)29-21-13-9-19(26)10-14-21/h2-14,22H,15-16H2,1H3,(H,28,32)(H2,29,30,33)/t22-/m0/s1. The molecule has 33 heavy (non-hydrogen) atoms. The van der Waals surface area contributed by atoms with E-state index in [1.54, 1.807) is 36.4 Å². The number of urea groups is 1. The van der Waals surface area contributed by atoms with Crippen molar-refractivity contribution < 1.29 is 9.59 Å². The number of likely N-dealkylation sites (N-methyl/N-ethyl adjacent to an activating group) is 1. The normalized spacial score (nSPS) is 13.8. The number of hydrogen-bond donors (Lipinski definition) is 3. The molecule has 3 amide bonds. The van der Waals surface area contributed by atoms with Gasteiger partial charge in [0.1, 0.15) is 11.9 Å². The summed E-state index contributed by atoms with van der Waals surface area (Å²) in [6.45, 7) is 1.68. The minimum Gasteiger partial charge on any atom is -0.358 e. The molecule has 0 spiro atoms. The number of nitrogens with one attached hydrogen (secondary N) is 3. The molecule has 0 fully saturated rings. The van der Waals surface area contributed by atoms with Crippen LogP contribution in [0.15, 0.2) is 83.9 Å². The Morgan fingerprint density at radius 3 is 2.18 bits per heavy atom. The first-order chi connectivity index (χ1) is 16.0. The molecule has 0 bridgehead atoms. The summed E-state index contributed by atoms with van der Waals surface area (Å²) >= 11 is 5.89. The van der Waals surface area contributed by atoms with E-state index in [4.69, 9.17) is 11.6 Å². The van der Waals surface area contributed by atoms with Gasteiger partial charge in [-0.1, -0.05) is 41.9 Å². The van der Waals surface area contributed by atoms with Crippen LogP contribution >= 0.6 is 11.6 Å². The van der Waals surface area contributed by atoms with E-state index in [9.17, 15) is 9.59 Å². The minimum absolute atomic E-state index is 0.351. The van der Waals surface area contributed by atoms with Gasteiger partial charge >= 0.3 is 6.03 Å². The zero-order valence-corrected chi connectivity index (χ0v) is 18.8. The van der Waals surface area contributed by atoms with E-state index in [-0.39, 0.29) is 5.91 Å². The van der Waals surface area contributed by atoms with Crippen LogP contribution < -0.4 is 16.0 Å². The van der Waals surface area contributed by atoms with Crippen molar-refractivity contribution in [3.63, 3.8) is 0 Å². The molecule has 0 unspecified atom stereocenters. The van der Waals surface area contributed by atoms with Crippen LogP contribution in [0.2, 0.25) is 5.02 Å². The van der Waals surface area contributed by atoms with Gasteiger partial charge in [-0.15, -0.1) is 0 Å². The number of halogens is 1. The number of rotatable bonds is 6. The van der Waals surface area contributed by atoms with Crippen molar-refractivity contribution in [1.82, 2.24) is 10.2 Å². The van der Waals surface area contributed by atoms with E-state index in [0.29, 0.717) is 22.0 Å². The fraction of sp³-hybridized carbons (Fsp3) is 0.160. The molecular formula is C25H24ClN5O2. The molecule has 0 radical (unpaired) electrons.